The Bertz CT molecular complexity index is 458. The van der Waals surface area contributed by atoms with E-state index < -0.39 is 0 Å². The number of rotatable bonds is 7. The van der Waals surface area contributed by atoms with Gasteiger partial charge in [0, 0.05) is 34.6 Å². The number of carbonyl (C=O) groups is 1. The van der Waals surface area contributed by atoms with Crippen molar-refractivity contribution in [2.45, 2.75) is 31.1 Å². The van der Waals surface area contributed by atoms with Gasteiger partial charge >= 0.3 is 0 Å². The van der Waals surface area contributed by atoms with Gasteiger partial charge in [-0.3, -0.25) is 4.79 Å². The standard InChI is InChI=1S/C17H25BrN2OS/c1-2-19-13-14-7-10-20(11-8-14)17(21)9-12-22-16-5-3-15(18)4-6-16/h3-6,14,19H,2,7-13H2,1H3. The third kappa shape index (κ3) is 5.94. The topological polar surface area (TPSA) is 32.3 Å². The zero-order valence-corrected chi connectivity index (χ0v) is 15.6. The second-order valence-corrected chi connectivity index (χ2v) is 7.77. The van der Waals surface area contributed by atoms with Gasteiger partial charge in [-0.05, 0) is 56.1 Å². The zero-order valence-electron chi connectivity index (χ0n) is 13.2. The summed E-state index contributed by atoms with van der Waals surface area (Å²) in [7, 11) is 0. The van der Waals surface area contributed by atoms with E-state index in [1.54, 1.807) is 11.8 Å². The highest BCUT2D eigenvalue weighted by molar-refractivity contribution is 9.10. The lowest BCUT2D eigenvalue weighted by atomic mass is 9.96. The fourth-order valence-corrected chi connectivity index (χ4v) is 3.79. The number of carbonyl (C=O) groups excluding carboxylic acids is 1. The summed E-state index contributed by atoms with van der Waals surface area (Å²) in [4.78, 5) is 15.5. The van der Waals surface area contributed by atoms with E-state index in [2.05, 4.69) is 40.3 Å². The summed E-state index contributed by atoms with van der Waals surface area (Å²) in [5.74, 6) is 1.91. The third-order valence-electron chi connectivity index (χ3n) is 4.05. The molecule has 2 rings (SSSR count). The molecule has 1 fully saturated rings. The Morgan fingerprint density at radius 1 is 1.32 bits per heavy atom. The lowest BCUT2D eigenvalue weighted by Crippen LogP contribution is -2.40. The molecule has 0 aromatic heterocycles. The van der Waals surface area contributed by atoms with Crippen molar-refractivity contribution in [3.05, 3.63) is 28.7 Å². The molecule has 1 saturated heterocycles. The fourth-order valence-electron chi connectivity index (χ4n) is 2.68. The number of thioether (sulfide) groups is 1. The molecule has 1 aliphatic heterocycles. The van der Waals surface area contributed by atoms with Crippen molar-refractivity contribution in [1.29, 1.82) is 0 Å². The normalized spacial score (nSPS) is 16.0. The van der Waals surface area contributed by atoms with Gasteiger partial charge in [0.05, 0.1) is 0 Å². The zero-order chi connectivity index (χ0) is 15.8. The molecule has 0 atom stereocenters. The van der Waals surface area contributed by atoms with E-state index in [9.17, 15) is 4.79 Å². The second kappa shape index (κ2) is 9.58. The van der Waals surface area contributed by atoms with Crippen LogP contribution in [0.5, 0.6) is 0 Å². The van der Waals surface area contributed by atoms with Crippen molar-refractivity contribution in [1.82, 2.24) is 10.2 Å². The summed E-state index contributed by atoms with van der Waals surface area (Å²) < 4.78 is 1.09. The van der Waals surface area contributed by atoms with E-state index in [0.29, 0.717) is 12.3 Å². The quantitative estimate of drug-likeness (QED) is 0.725. The number of nitrogens with zero attached hydrogens (tertiary/aromatic N) is 1. The molecule has 1 N–H and O–H groups in total. The molecule has 3 nitrogen and oxygen atoms in total. The Kier molecular flexibility index (Phi) is 7.76. The molecule has 1 aromatic carbocycles. The predicted molar refractivity (Wildman–Crippen MR) is 97.3 cm³/mol. The van der Waals surface area contributed by atoms with Gasteiger partial charge in [-0.15, -0.1) is 11.8 Å². The maximum Gasteiger partial charge on any atom is 0.223 e. The molecule has 0 radical (unpaired) electrons. The van der Waals surface area contributed by atoms with Crippen LogP contribution in [0.4, 0.5) is 0 Å². The number of hydrogen-bond donors (Lipinski definition) is 1. The van der Waals surface area contributed by atoms with E-state index in [1.807, 2.05) is 17.0 Å². The van der Waals surface area contributed by atoms with Crippen molar-refractivity contribution in [2.75, 3.05) is 31.9 Å². The van der Waals surface area contributed by atoms with Crippen molar-refractivity contribution in [2.24, 2.45) is 5.92 Å². The number of benzene rings is 1. The van der Waals surface area contributed by atoms with Gasteiger partial charge in [0.25, 0.3) is 0 Å². The van der Waals surface area contributed by atoms with Crippen LogP contribution in [-0.2, 0) is 4.79 Å². The first-order valence-corrected chi connectivity index (χ1v) is 9.83. The number of hydrogen-bond acceptors (Lipinski definition) is 3. The Balaban J connectivity index is 1.64. The monoisotopic (exact) mass is 384 g/mol. The molecule has 0 aliphatic carbocycles. The van der Waals surface area contributed by atoms with Gasteiger partial charge in [0.15, 0.2) is 0 Å². The van der Waals surface area contributed by atoms with E-state index in [-0.39, 0.29) is 0 Å². The van der Waals surface area contributed by atoms with Crippen LogP contribution in [0, 0.1) is 5.92 Å². The molecular formula is C17H25BrN2OS. The Morgan fingerprint density at radius 3 is 2.64 bits per heavy atom. The molecule has 1 aliphatic rings. The van der Waals surface area contributed by atoms with Crippen LogP contribution in [0.15, 0.2) is 33.6 Å². The van der Waals surface area contributed by atoms with Gasteiger partial charge in [-0.25, -0.2) is 0 Å². The van der Waals surface area contributed by atoms with Crippen molar-refractivity contribution < 1.29 is 4.79 Å². The second-order valence-electron chi connectivity index (χ2n) is 5.68. The van der Waals surface area contributed by atoms with E-state index in [1.165, 1.54) is 4.90 Å². The van der Waals surface area contributed by atoms with Gasteiger partial charge in [-0.2, -0.15) is 0 Å². The average molecular weight is 385 g/mol. The summed E-state index contributed by atoms with van der Waals surface area (Å²) in [6, 6.07) is 8.26. The summed E-state index contributed by atoms with van der Waals surface area (Å²) in [5, 5.41) is 3.41. The van der Waals surface area contributed by atoms with E-state index in [4.69, 9.17) is 0 Å². The first kappa shape index (κ1) is 17.8. The SMILES string of the molecule is CCNCC1CCN(C(=O)CCSc2ccc(Br)cc2)CC1. The largest absolute Gasteiger partial charge is 0.343 e. The summed E-state index contributed by atoms with van der Waals surface area (Å²) in [5.41, 5.74) is 0. The van der Waals surface area contributed by atoms with E-state index in [0.717, 1.165) is 55.2 Å². The molecule has 0 unspecified atom stereocenters. The number of halogens is 1. The molecule has 22 heavy (non-hydrogen) atoms. The van der Waals surface area contributed by atoms with Crippen LogP contribution < -0.4 is 5.32 Å². The molecule has 0 spiro atoms. The highest BCUT2D eigenvalue weighted by Crippen LogP contribution is 2.22. The Morgan fingerprint density at radius 2 is 2.00 bits per heavy atom. The number of amides is 1. The first-order chi connectivity index (χ1) is 10.7. The van der Waals surface area contributed by atoms with E-state index >= 15 is 0 Å². The van der Waals surface area contributed by atoms with Crippen LogP contribution in [0.3, 0.4) is 0 Å². The van der Waals surface area contributed by atoms with Gasteiger partial charge < -0.3 is 10.2 Å². The average Bonchev–Trinajstić information content (AvgIpc) is 2.55. The summed E-state index contributed by atoms with van der Waals surface area (Å²) in [6.07, 6.45) is 2.91. The molecule has 0 saturated carbocycles. The van der Waals surface area contributed by atoms with Gasteiger partial charge in [0.2, 0.25) is 5.91 Å². The minimum Gasteiger partial charge on any atom is -0.343 e. The maximum atomic E-state index is 12.3. The molecular weight excluding hydrogens is 360 g/mol. The van der Waals surface area contributed by atoms with Gasteiger partial charge in [0.1, 0.15) is 0 Å². The van der Waals surface area contributed by atoms with Crippen LogP contribution in [-0.4, -0.2) is 42.7 Å². The van der Waals surface area contributed by atoms with Crippen LogP contribution >= 0.6 is 27.7 Å². The maximum absolute atomic E-state index is 12.3. The molecule has 1 aromatic rings. The van der Waals surface area contributed by atoms with Crippen LogP contribution in [0.2, 0.25) is 0 Å². The van der Waals surface area contributed by atoms with Gasteiger partial charge in [-0.1, -0.05) is 22.9 Å². The molecule has 122 valence electrons. The first-order valence-electron chi connectivity index (χ1n) is 8.06. The Labute approximate surface area is 146 Å². The highest BCUT2D eigenvalue weighted by Gasteiger charge is 2.21. The van der Waals surface area contributed by atoms with Crippen molar-refractivity contribution in [3.8, 4) is 0 Å². The number of likely N-dealkylation sites (tertiary alicyclic amines) is 1. The molecule has 5 heteroatoms. The van der Waals surface area contributed by atoms with Crippen LogP contribution in [0.1, 0.15) is 26.2 Å². The minimum atomic E-state index is 0.312. The smallest absolute Gasteiger partial charge is 0.223 e. The molecule has 1 heterocycles. The van der Waals surface area contributed by atoms with Crippen molar-refractivity contribution in [3.63, 3.8) is 0 Å². The summed E-state index contributed by atoms with van der Waals surface area (Å²) in [6.45, 7) is 6.13. The Hall–Kier alpha value is -0.520. The highest BCUT2D eigenvalue weighted by atomic mass is 79.9. The minimum absolute atomic E-state index is 0.312. The number of piperidine rings is 1. The lowest BCUT2D eigenvalue weighted by Gasteiger charge is -2.32. The lowest BCUT2D eigenvalue weighted by molar-refractivity contribution is -0.132. The molecule has 1 amide bonds. The summed E-state index contributed by atoms with van der Waals surface area (Å²) >= 11 is 5.19. The third-order valence-corrected chi connectivity index (χ3v) is 5.59. The molecule has 0 bridgehead atoms. The fraction of sp³-hybridized carbons (Fsp3) is 0.588. The van der Waals surface area contributed by atoms with Crippen molar-refractivity contribution >= 4 is 33.6 Å². The van der Waals surface area contributed by atoms with Crippen LogP contribution in [0.25, 0.3) is 0 Å². The predicted octanol–water partition coefficient (Wildman–Crippen LogP) is 3.78. The number of nitrogens with one attached hydrogen (secondary N) is 1.